The van der Waals surface area contributed by atoms with Gasteiger partial charge >= 0.3 is 5.97 Å². The molecule has 0 heterocycles. The van der Waals surface area contributed by atoms with Crippen LogP contribution in [-0.2, 0) is 4.79 Å². The zero-order valence-electron chi connectivity index (χ0n) is 10.2. The zero-order chi connectivity index (χ0) is 12.1. The first-order valence-electron chi connectivity index (χ1n) is 5.33. The first kappa shape index (κ1) is 13.9. The lowest BCUT2D eigenvalue weighted by Crippen LogP contribution is -2.29. The zero-order valence-corrected chi connectivity index (χ0v) is 10.2. The average molecular weight is 210 g/mol. The Morgan fingerprint density at radius 3 is 2.40 bits per heavy atom. The second kappa shape index (κ2) is 5.74. The summed E-state index contributed by atoms with van der Waals surface area (Å²) in [4.78, 5) is 10.9. The summed E-state index contributed by atoms with van der Waals surface area (Å²) in [6.45, 7) is 11.5. The molecule has 0 aromatic heterocycles. The highest BCUT2D eigenvalue weighted by atomic mass is 16.4. The van der Waals surface area contributed by atoms with E-state index in [1.165, 1.54) is 5.57 Å². The van der Waals surface area contributed by atoms with Crippen molar-refractivity contribution in [3.05, 3.63) is 24.3 Å². The number of allylic oxidation sites excluding steroid dienone is 3. The molecule has 2 nitrogen and oxygen atoms in total. The van der Waals surface area contributed by atoms with E-state index in [0.29, 0.717) is 0 Å². The second-order valence-corrected chi connectivity index (χ2v) is 4.59. The number of hydrogen-bond acceptors (Lipinski definition) is 1. The number of aliphatic carboxylic acids is 1. The van der Waals surface area contributed by atoms with E-state index in [9.17, 15) is 4.79 Å². The van der Waals surface area contributed by atoms with Gasteiger partial charge in [0.2, 0.25) is 0 Å². The standard InChI is InChI=1S/C13H22O2/c1-6-13(5,11(4)12(14)15)9-7-8-10(2)3/h6,8,11H,1,7,9H2,2-5H3,(H,14,15)/t11-,13-/m0/s1. The van der Waals surface area contributed by atoms with Crippen LogP contribution >= 0.6 is 0 Å². The molecule has 0 aromatic carbocycles. The van der Waals surface area contributed by atoms with Crippen LogP contribution in [0.1, 0.15) is 40.5 Å². The molecule has 0 rings (SSSR count). The molecule has 0 fully saturated rings. The van der Waals surface area contributed by atoms with Gasteiger partial charge in [-0.25, -0.2) is 0 Å². The molecule has 1 N–H and O–H groups in total. The van der Waals surface area contributed by atoms with Gasteiger partial charge in [-0.05, 0) is 32.1 Å². The van der Waals surface area contributed by atoms with Crippen molar-refractivity contribution in [3.8, 4) is 0 Å². The van der Waals surface area contributed by atoms with Crippen molar-refractivity contribution in [2.45, 2.75) is 40.5 Å². The highest BCUT2D eigenvalue weighted by molar-refractivity contribution is 5.70. The van der Waals surface area contributed by atoms with Crippen molar-refractivity contribution in [2.24, 2.45) is 11.3 Å². The Bertz CT molecular complexity index is 262. The summed E-state index contributed by atoms with van der Waals surface area (Å²) in [6.07, 6.45) is 5.64. The summed E-state index contributed by atoms with van der Waals surface area (Å²) in [5.41, 5.74) is 0.946. The van der Waals surface area contributed by atoms with Crippen LogP contribution in [0.25, 0.3) is 0 Å². The van der Waals surface area contributed by atoms with Gasteiger partial charge in [-0.2, -0.15) is 0 Å². The van der Waals surface area contributed by atoms with Crippen LogP contribution in [0, 0.1) is 11.3 Å². The number of carboxylic acids is 1. The molecule has 0 radical (unpaired) electrons. The maximum Gasteiger partial charge on any atom is 0.307 e. The van der Waals surface area contributed by atoms with E-state index in [1.54, 1.807) is 13.0 Å². The van der Waals surface area contributed by atoms with Gasteiger partial charge in [0.25, 0.3) is 0 Å². The van der Waals surface area contributed by atoms with Crippen LogP contribution in [0.5, 0.6) is 0 Å². The predicted octanol–water partition coefficient (Wildman–Crippen LogP) is 3.65. The Hall–Kier alpha value is -1.05. The van der Waals surface area contributed by atoms with Crippen LogP contribution in [0.4, 0.5) is 0 Å². The molecule has 86 valence electrons. The van der Waals surface area contributed by atoms with Gasteiger partial charge < -0.3 is 5.11 Å². The second-order valence-electron chi connectivity index (χ2n) is 4.59. The monoisotopic (exact) mass is 210 g/mol. The number of carbonyl (C=O) groups is 1. The maximum atomic E-state index is 10.9. The SMILES string of the molecule is C=C[C@@](C)(CCC=C(C)C)[C@@H](C)C(=O)O. The number of rotatable bonds is 6. The molecule has 0 aromatic rings. The molecule has 0 amide bonds. The van der Waals surface area contributed by atoms with E-state index in [4.69, 9.17) is 5.11 Å². The molecule has 2 atom stereocenters. The molecule has 0 spiro atoms. The van der Waals surface area contributed by atoms with E-state index in [0.717, 1.165) is 12.8 Å². The summed E-state index contributed by atoms with van der Waals surface area (Å²) in [5, 5.41) is 8.99. The van der Waals surface area contributed by atoms with Gasteiger partial charge in [0, 0.05) is 0 Å². The summed E-state index contributed by atoms with van der Waals surface area (Å²) < 4.78 is 0. The number of carboxylic acid groups (broad SMARTS) is 1. The van der Waals surface area contributed by atoms with Crippen molar-refractivity contribution >= 4 is 5.97 Å². The fourth-order valence-electron chi connectivity index (χ4n) is 1.45. The molecule has 15 heavy (non-hydrogen) atoms. The van der Waals surface area contributed by atoms with Crippen molar-refractivity contribution in [2.75, 3.05) is 0 Å². The van der Waals surface area contributed by atoms with Gasteiger partial charge in [0.15, 0.2) is 0 Å². The largest absolute Gasteiger partial charge is 0.481 e. The van der Waals surface area contributed by atoms with Gasteiger partial charge in [-0.15, -0.1) is 6.58 Å². The van der Waals surface area contributed by atoms with Gasteiger partial charge in [-0.1, -0.05) is 31.6 Å². The molecule has 0 saturated carbocycles. The van der Waals surface area contributed by atoms with Gasteiger partial charge in [0.1, 0.15) is 0 Å². The fourth-order valence-corrected chi connectivity index (χ4v) is 1.45. The minimum absolute atomic E-state index is 0.322. The van der Waals surface area contributed by atoms with Crippen molar-refractivity contribution in [1.29, 1.82) is 0 Å². The molecule has 0 unspecified atom stereocenters. The summed E-state index contributed by atoms with van der Waals surface area (Å²) >= 11 is 0. The topological polar surface area (TPSA) is 37.3 Å². The molecule has 0 aliphatic rings. The lowest BCUT2D eigenvalue weighted by molar-refractivity contribution is -0.144. The Balaban J connectivity index is 4.51. The molecular weight excluding hydrogens is 188 g/mol. The van der Waals surface area contributed by atoms with Gasteiger partial charge in [0.05, 0.1) is 5.92 Å². The van der Waals surface area contributed by atoms with E-state index in [2.05, 4.69) is 12.7 Å². The molecule has 0 aliphatic carbocycles. The summed E-state index contributed by atoms with van der Waals surface area (Å²) in [7, 11) is 0. The molecule has 2 heteroatoms. The molecule has 0 aliphatic heterocycles. The first-order valence-corrected chi connectivity index (χ1v) is 5.33. The molecule has 0 bridgehead atoms. The quantitative estimate of drug-likeness (QED) is 0.679. The third kappa shape index (κ3) is 4.32. The minimum atomic E-state index is -0.755. The smallest absolute Gasteiger partial charge is 0.307 e. The Kier molecular flexibility index (Phi) is 5.34. The van der Waals surface area contributed by atoms with E-state index in [-0.39, 0.29) is 11.3 Å². The van der Waals surface area contributed by atoms with Crippen LogP contribution in [-0.4, -0.2) is 11.1 Å². The lowest BCUT2D eigenvalue weighted by atomic mass is 9.74. The Morgan fingerprint density at radius 1 is 1.53 bits per heavy atom. The van der Waals surface area contributed by atoms with Crippen molar-refractivity contribution in [3.63, 3.8) is 0 Å². The number of hydrogen-bond donors (Lipinski definition) is 1. The van der Waals surface area contributed by atoms with E-state index >= 15 is 0 Å². The van der Waals surface area contributed by atoms with Crippen molar-refractivity contribution < 1.29 is 9.90 Å². The fraction of sp³-hybridized carbons (Fsp3) is 0.615. The molecule has 0 saturated heterocycles. The average Bonchev–Trinajstić information content (AvgIpc) is 2.15. The summed E-state index contributed by atoms with van der Waals surface area (Å²) in [5.74, 6) is -1.14. The van der Waals surface area contributed by atoms with Gasteiger partial charge in [-0.3, -0.25) is 4.79 Å². The third-order valence-electron chi connectivity index (χ3n) is 3.06. The van der Waals surface area contributed by atoms with Crippen LogP contribution in [0.2, 0.25) is 0 Å². The third-order valence-corrected chi connectivity index (χ3v) is 3.06. The van der Waals surface area contributed by atoms with Crippen molar-refractivity contribution in [1.82, 2.24) is 0 Å². The minimum Gasteiger partial charge on any atom is -0.481 e. The Labute approximate surface area is 92.7 Å². The van der Waals surface area contributed by atoms with Crippen LogP contribution in [0.15, 0.2) is 24.3 Å². The van der Waals surface area contributed by atoms with Crippen LogP contribution < -0.4 is 0 Å². The lowest BCUT2D eigenvalue weighted by Gasteiger charge is -2.29. The highest BCUT2D eigenvalue weighted by Crippen LogP contribution is 2.34. The predicted molar refractivity (Wildman–Crippen MR) is 63.8 cm³/mol. The highest BCUT2D eigenvalue weighted by Gasteiger charge is 2.32. The normalized spacial score (nSPS) is 16.3. The first-order chi connectivity index (χ1) is 6.83. The maximum absolute atomic E-state index is 10.9. The Morgan fingerprint density at radius 2 is 2.07 bits per heavy atom. The molecular formula is C13H22O2. The van der Waals surface area contributed by atoms with E-state index < -0.39 is 5.97 Å². The van der Waals surface area contributed by atoms with Crippen LogP contribution in [0.3, 0.4) is 0 Å². The summed E-state index contributed by atoms with van der Waals surface area (Å²) in [6, 6.07) is 0. The van der Waals surface area contributed by atoms with E-state index in [1.807, 2.05) is 20.8 Å².